The van der Waals surface area contributed by atoms with Crippen LogP contribution in [0.15, 0.2) is 48.5 Å². The molecule has 2 aromatic rings. The molecule has 0 fully saturated rings. The molecule has 0 heterocycles. The molecule has 0 radical (unpaired) electrons. The highest BCUT2D eigenvalue weighted by atomic mass is 19.1. The zero-order valence-electron chi connectivity index (χ0n) is 11.9. The molecule has 0 spiro atoms. The second-order valence-corrected chi connectivity index (χ2v) is 5.79. The molecule has 0 aliphatic rings. The summed E-state index contributed by atoms with van der Waals surface area (Å²) < 4.78 is 12.8. The van der Waals surface area contributed by atoms with Crippen LogP contribution in [0.2, 0.25) is 0 Å². The lowest BCUT2D eigenvalue weighted by molar-refractivity contribution is 0.102. The van der Waals surface area contributed by atoms with Gasteiger partial charge in [0.25, 0.3) is 5.91 Å². The van der Waals surface area contributed by atoms with E-state index in [4.69, 9.17) is 0 Å². The van der Waals surface area contributed by atoms with E-state index in [-0.39, 0.29) is 17.1 Å². The highest BCUT2D eigenvalue weighted by molar-refractivity contribution is 6.04. The number of hydrogen-bond donors (Lipinski definition) is 1. The van der Waals surface area contributed by atoms with Gasteiger partial charge in [0.1, 0.15) is 5.82 Å². The smallest absolute Gasteiger partial charge is 0.255 e. The summed E-state index contributed by atoms with van der Waals surface area (Å²) in [6.45, 7) is 6.41. The van der Waals surface area contributed by atoms with Crippen molar-refractivity contribution in [1.82, 2.24) is 0 Å². The minimum absolute atomic E-state index is 0.0828. The van der Waals surface area contributed by atoms with Crippen LogP contribution in [0.4, 0.5) is 10.1 Å². The van der Waals surface area contributed by atoms with E-state index < -0.39 is 0 Å². The number of hydrogen-bond acceptors (Lipinski definition) is 1. The molecule has 0 aliphatic carbocycles. The number of benzene rings is 2. The van der Waals surface area contributed by atoms with Crippen molar-refractivity contribution >= 4 is 11.6 Å². The van der Waals surface area contributed by atoms with E-state index in [1.807, 2.05) is 24.3 Å². The lowest BCUT2D eigenvalue weighted by Crippen LogP contribution is -2.13. The Balaban J connectivity index is 2.10. The van der Waals surface area contributed by atoms with Gasteiger partial charge >= 0.3 is 0 Å². The lowest BCUT2D eigenvalue weighted by atomic mass is 9.87. The zero-order chi connectivity index (χ0) is 14.8. The van der Waals surface area contributed by atoms with Gasteiger partial charge in [-0.2, -0.15) is 0 Å². The van der Waals surface area contributed by atoms with Gasteiger partial charge in [0, 0.05) is 11.3 Å². The summed E-state index contributed by atoms with van der Waals surface area (Å²) in [6.07, 6.45) is 0. The second kappa shape index (κ2) is 5.45. The molecule has 104 valence electrons. The molecule has 0 bridgehead atoms. The standard InChI is InChI=1S/C17H18FNO/c1-17(2,3)13-6-10-15(11-7-13)19-16(20)12-4-8-14(18)9-5-12/h4-11H,1-3H3,(H,19,20). The van der Waals surface area contributed by atoms with Gasteiger partial charge in [-0.3, -0.25) is 4.79 Å². The van der Waals surface area contributed by atoms with Gasteiger partial charge in [0.05, 0.1) is 0 Å². The summed E-state index contributed by atoms with van der Waals surface area (Å²) in [5.74, 6) is -0.593. The number of rotatable bonds is 2. The van der Waals surface area contributed by atoms with Gasteiger partial charge in [0.2, 0.25) is 0 Å². The first-order chi connectivity index (χ1) is 9.36. The van der Waals surface area contributed by atoms with Gasteiger partial charge in [-0.05, 0) is 47.4 Å². The lowest BCUT2D eigenvalue weighted by Gasteiger charge is -2.19. The third kappa shape index (κ3) is 3.44. The predicted molar refractivity (Wildman–Crippen MR) is 79.5 cm³/mol. The molecule has 2 aromatic carbocycles. The third-order valence-corrected chi connectivity index (χ3v) is 3.12. The van der Waals surface area contributed by atoms with E-state index in [1.165, 1.54) is 29.8 Å². The number of halogens is 1. The van der Waals surface area contributed by atoms with Crippen molar-refractivity contribution in [1.29, 1.82) is 0 Å². The Morgan fingerprint density at radius 3 is 2.00 bits per heavy atom. The van der Waals surface area contributed by atoms with E-state index >= 15 is 0 Å². The van der Waals surface area contributed by atoms with E-state index in [2.05, 4.69) is 26.1 Å². The average molecular weight is 271 g/mol. The van der Waals surface area contributed by atoms with Crippen LogP contribution in [-0.4, -0.2) is 5.91 Å². The van der Waals surface area contributed by atoms with Crippen molar-refractivity contribution in [2.45, 2.75) is 26.2 Å². The Labute approximate surface area is 118 Å². The van der Waals surface area contributed by atoms with Crippen molar-refractivity contribution in [3.05, 3.63) is 65.5 Å². The fourth-order valence-corrected chi connectivity index (χ4v) is 1.86. The third-order valence-electron chi connectivity index (χ3n) is 3.12. The van der Waals surface area contributed by atoms with Crippen molar-refractivity contribution in [2.24, 2.45) is 0 Å². The van der Waals surface area contributed by atoms with Gasteiger partial charge in [-0.15, -0.1) is 0 Å². The number of nitrogens with one attached hydrogen (secondary N) is 1. The summed E-state index contributed by atoms with van der Waals surface area (Å²) in [6, 6.07) is 13.2. The van der Waals surface area contributed by atoms with Gasteiger partial charge < -0.3 is 5.32 Å². The number of amides is 1. The van der Waals surface area contributed by atoms with Gasteiger partial charge in [-0.25, -0.2) is 4.39 Å². The largest absolute Gasteiger partial charge is 0.322 e. The Morgan fingerprint density at radius 1 is 0.950 bits per heavy atom. The first kappa shape index (κ1) is 14.3. The molecule has 0 saturated carbocycles. The molecule has 1 amide bonds. The zero-order valence-corrected chi connectivity index (χ0v) is 11.9. The van der Waals surface area contributed by atoms with E-state index in [0.717, 1.165) is 5.69 Å². The monoisotopic (exact) mass is 271 g/mol. The summed E-state index contributed by atoms with van der Waals surface area (Å²) in [4.78, 5) is 12.0. The minimum atomic E-state index is -0.351. The maximum Gasteiger partial charge on any atom is 0.255 e. The van der Waals surface area contributed by atoms with Crippen LogP contribution in [0.1, 0.15) is 36.7 Å². The van der Waals surface area contributed by atoms with Crippen molar-refractivity contribution in [3.63, 3.8) is 0 Å². The Morgan fingerprint density at radius 2 is 1.50 bits per heavy atom. The molecule has 0 unspecified atom stereocenters. The van der Waals surface area contributed by atoms with Crippen LogP contribution in [-0.2, 0) is 5.41 Å². The minimum Gasteiger partial charge on any atom is -0.322 e. The summed E-state index contributed by atoms with van der Waals surface area (Å²) in [5, 5.41) is 2.79. The summed E-state index contributed by atoms with van der Waals surface area (Å²) in [5.41, 5.74) is 2.45. The van der Waals surface area contributed by atoms with Gasteiger partial charge in [-0.1, -0.05) is 32.9 Å². The maximum absolute atomic E-state index is 12.8. The van der Waals surface area contributed by atoms with Crippen molar-refractivity contribution in [2.75, 3.05) is 5.32 Å². The average Bonchev–Trinajstić information content (AvgIpc) is 2.39. The summed E-state index contributed by atoms with van der Waals surface area (Å²) >= 11 is 0. The predicted octanol–water partition coefficient (Wildman–Crippen LogP) is 4.38. The summed E-state index contributed by atoms with van der Waals surface area (Å²) in [7, 11) is 0. The van der Waals surface area contributed by atoms with Crippen LogP contribution in [0.3, 0.4) is 0 Å². The maximum atomic E-state index is 12.8. The molecule has 2 nitrogen and oxygen atoms in total. The second-order valence-electron chi connectivity index (χ2n) is 5.79. The molecule has 0 aromatic heterocycles. The van der Waals surface area contributed by atoms with Crippen molar-refractivity contribution in [3.8, 4) is 0 Å². The van der Waals surface area contributed by atoms with E-state index in [9.17, 15) is 9.18 Å². The highest BCUT2D eigenvalue weighted by Crippen LogP contribution is 2.23. The number of carbonyl (C=O) groups excluding carboxylic acids is 1. The van der Waals surface area contributed by atoms with Crippen molar-refractivity contribution < 1.29 is 9.18 Å². The SMILES string of the molecule is CC(C)(C)c1ccc(NC(=O)c2ccc(F)cc2)cc1. The number of anilines is 1. The fraction of sp³-hybridized carbons (Fsp3) is 0.235. The van der Waals surface area contributed by atoms with Crippen LogP contribution >= 0.6 is 0 Å². The first-order valence-electron chi connectivity index (χ1n) is 6.54. The number of carbonyl (C=O) groups is 1. The Hall–Kier alpha value is -2.16. The molecule has 0 saturated heterocycles. The first-order valence-corrected chi connectivity index (χ1v) is 6.54. The van der Waals surface area contributed by atoms with Crippen LogP contribution in [0.5, 0.6) is 0 Å². The fourth-order valence-electron chi connectivity index (χ4n) is 1.86. The molecule has 0 aliphatic heterocycles. The topological polar surface area (TPSA) is 29.1 Å². The molecular formula is C17H18FNO. The molecule has 2 rings (SSSR count). The molecular weight excluding hydrogens is 253 g/mol. The molecule has 3 heteroatoms. The van der Waals surface area contributed by atoms with Crippen LogP contribution < -0.4 is 5.32 Å². The molecule has 1 N–H and O–H groups in total. The van der Waals surface area contributed by atoms with E-state index in [0.29, 0.717) is 5.56 Å². The van der Waals surface area contributed by atoms with E-state index in [1.54, 1.807) is 0 Å². The van der Waals surface area contributed by atoms with Crippen LogP contribution in [0, 0.1) is 5.82 Å². The molecule has 0 atom stereocenters. The molecule has 20 heavy (non-hydrogen) atoms. The quantitative estimate of drug-likeness (QED) is 0.863. The van der Waals surface area contributed by atoms with Crippen LogP contribution in [0.25, 0.3) is 0 Å². The van der Waals surface area contributed by atoms with Gasteiger partial charge in [0.15, 0.2) is 0 Å². The normalized spacial score (nSPS) is 11.2. The Bertz CT molecular complexity index is 594. The highest BCUT2D eigenvalue weighted by Gasteiger charge is 2.13. The Kier molecular flexibility index (Phi) is 3.89.